The highest BCUT2D eigenvalue weighted by molar-refractivity contribution is 5.82. The lowest BCUT2D eigenvalue weighted by molar-refractivity contribution is -0.188. The van der Waals surface area contributed by atoms with Gasteiger partial charge in [0.05, 0.1) is 11.7 Å². The summed E-state index contributed by atoms with van der Waals surface area (Å²) in [5.41, 5.74) is 12.7. The first-order chi connectivity index (χ1) is 19.9. The number of hydrogen-bond donors (Lipinski definition) is 2. The Morgan fingerprint density at radius 1 is 1.14 bits per heavy atom. The third kappa shape index (κ3) is 6.01. The molecule has 0 amide bonds. The first-order valence-corrected chi connectivity index (χ1v) is 13.5. The number of halogens is 4. The average Bonchev–Trinajstić information content (AvgIpc) is 3.55. The summed E-state index contributed by atoms with van der Waals surface area (Å²) in [5, 5.41) is 8.71. The summed E-state index contributed by atoms with van der Waals surface area (Å²) >= 11 is 0. The number of ether oxygens (including phenoxy) is 2. The molecule has 4 aromatic rings. The number of benzene rings is 1. The summed E-state index contributed by atoms with van der Waals surface area (Å²) in [4.78, 5) is 17.7. The van der Waals surface area contributed by atoms with Gasteiger partial charge in [0.25, 0.3) is 0 Å². The summed E-state index contributed by atoms with van der Waals surface area (Å²) in [5.74, 6) is -1.22. The summed E-state index contributed by atoms with van der Waals surface area (Å²) < 4.78 is 69.4. The van der Waals surface area contributed by atoms with Crippen LogP contribution in [0.15, 0.2) is 42.6 Å². The van der Waals surface area contributed by atoms with E-state index >= 15 is 0 Å². The Morgan fingerprint density at radius 2 is 1.93 bits per heavy atom. The van der Waals surface area contributed by atoms with Gasteiger partial charge in [0.2, 0.25) is 0 Å². The van der Waals surface area contributed by atoms with Crippen LogP contribution in [0.3, 0.4) is 0 Å². The molecule has 1 aliphatic heterocycles. The second kappa shape index (κ2) is 11.8. The van der Waals surface area contributed by atoms with E-state index < -0.39 is 36.2 Å². The predicted molar refractivity (Wildman–Crippen MR) is 146 cm³/mol. The second-order valence-electron chi connectivity index (χ2n) is 10.6. The van der Waals surface area contributed by atoms with Gasteiger partial charge in [0.15, 0.2) is 23.0 Å². The van der Waals surface area contributed by atoms with Crippen LogP contribution in [-0.2, 0) is 9.53 Å². The van der Waals surface area contributed by atoms with Crippen molar-refractivity contribution >= 4 is 22.5 Å². The number of alkyl halides is 3. The topological polar surface area (TPSA) is 134 Å². The number of nitrogens with zero attached hydrogens (tertiary/aromatic N) is 5. The van der Waals surface area contributed by atoms with E-state index in [9.17, 15) is 22.4 Å². The van der Waals surface area contributed by atoms with Crippen LogP contribution >= 0.6 is 0 Å². The van der Waals surface area contributed by atoms with Crippen molar-refractivity contribution < 1.29 is 31.8 Å². The number of nitrogens with two attached hydrogens (primary N) is 2. The molecule has 0 saturated carbocycles. The molecule has 4 heterocycles. The molecule has 1 aromatic carbocycles. The number of esters is 1. The molecular formula is C28H31F4N7O3. The van der Waals surface area contributed by atoms with E-state index in [1.54, 1.807) is 26.0 Å². The summed E-state index contributed by atoms with van der Waals surface area (Å²) in [6.07, 6.45) is -2.83. The number of pyridine rings is 2. The molecule has 10 nitrogen and oxygen atoms in total. The standard InChI is InChI=1S/C28H31F4N7O3/c1-15(2)24(34)27(40)42-11-10-41-21-13-20-16(12-18(21)29)5-7-19(35-20)26-37-36-23-8-6-17(14-39(23)26)25(28(30,31)32)38-9-3-4-22(38)33/h5-8,12-15,22,24-25H,3-4,9-11,33-34H2,1-2H3/t22-,24-,25+/m0/s1. The van der Waals surface area contributed by atoms with Crippen molar-refractivity contribution in [2.24, 2.45) is 17.4 Å². The van der Waals surface area contributed by atoms with Gasteiger partial charge in [-0.05, 0) is 42.5 Å². The molecule has 4 N–H and O–H groups in total. The Balaban J connectivity index is 1.41. The lowest BCUT2D eigenvalue weighted by atomic mass is 10.1. The normalized spacial score (nSPS) is 17.7. The van der Waals surface area contributed by atoms with Crippen LogP contribution in [0.2, 0.25) is 0 Å². The van der Waals surface area contributed by atoms with Gasteiger partial charge in [-0.25, -0.2) is 9.37 Å². The summed E-state index contributed by atoms with van der Waals surface area (Å²) in [6.45, 7) is 3.58. The third-order valence-electron chi connectivity index (χ3n) is 7.27. The van der Waals surface area contributed by atoms with Crippen molar-refractivity contribution in [2.75, 3.05) is 19.8 Å². The van der Waals surface area contributed by atoms with Gasteiger partial charge in [-0.15, -0.1) is 10.2 Å². The molecule has 0 unspecified atom stereocenters. The van der Waals surface area contributed by atoms with Gasteiger partial charge in [0.1, 0.15) is 31.0 Å². The number of likely N-dealkylation sites (tertiary alicyclic amines) is 1. The maximum Gasteiger partial charge on any atom is 0.408 e. The van der Waals surface area contributed by atoms with Crippen LogP contribution in [0.5, 0.6) is 5.75 Å². The van der Waals surface area contributed by atoms with Crippen molar-refractivity contribution in [3.63, 3.8) is 0 Å². The SMILES string of the molecule is CC(C)[C@H](N)C(=O)OCCOc1cc2nc(-c3nnc4ccc([C@@H](N5CCC[C@H]5N)C(F)(F)F)cn34)ccc2cc1F. The largest absolute Gasteiger partial charge is 0.487 e. The molecule has 3 atom stereocenters. The number of rotatable bonds is 9. The van der Waals surface area contributed by atoms with E-state index in [4.69, 9.17) is 20.9 Å². The maximum absolute atomic E-state index is 14.7. The molecule has 1 saturated heterocycles. The number of hydrogen-bond acceptors (Lipinski definition) is 9. The smallest absolute Gasteiger partial charge is 0.408 e. The van der Waals surface area contributed by atoms with E-state index in [-0.39, 0.29) is 42.8 Å². The maximum atomic E-state index is 14.7. The molecule has 3 aromatic heterocycles. The van der Waals surface area contributed by atoms with Crippen molar-refractivity contribution in [3.8, 4) is 17.3 Å². The molecule has 1 aliphatic rings. The fourth-order valence-corrected chi connectivity index (χ4v) is 4.97. The van der Waals surface area contributed by atoms with E-state index in [1.807, 2.05) is 0 Å². The monoisotopic (exact) mass is 589 g/mol. The number of carbonyl (C=O) groups excluding carboxylic acids is 1. The van der Waals surface area contributed by atoms with Crippen LogP contribution in [0, 0.1) is 11.7 Å². The Kier molecular flexibility index (Phi) is 8.30. The summed E-state index contributed by atoms with van der Waals surface area (Å²) in [6, 6.07) is 6.02. The highest BCUT2D eigenvalue weighted by Gasteiger charge is 2.47. The van der Waals surface area contributed by atoms with E-state index in [2.05, 4.69) is 15.2 Å². The highest BCUT2D eigenvalue weighted by atomic mass is 19.4. The molecule has 14 heteroatoms. The van der Waals surface area contributed by atoms with Gasteiger partial charge in [-0.3, -0.25) is 14.1 Å². The Bertz CT molecular complexity index is 1590. The zero-order valence-electron chi connectivity index (χ0n) is 23.0. The molecule has 5 rings (SSSR count). The number of carbonyl (C=O) groups is 1. The third-order valence-corrected chi connectivity index (χ3v) is 7.27. The minimum Gasteiger partial charge on any atom is -0.487 e. The number of fused-ring (bicyclic) bond motifs is 2. The van der Waals surface area contributed by atoms with Gasteiger partial charge in [-0.1, -0.05) is 26.0 Å². The highest BCUT2D eigenvalue weighted by Crippen LogP contribution is 2.40. The van der Waals surface area contributed by atoms with Crippen molar-refractivity contribution in [1.82, 2.24) is 24.5 Å². The molecule has 42 heavy (non-hydrogen) atoms. The molecule has 0 aliphatic carbocycles. The zero-order valence-corrected chi connectivity index (χ0v) is 23.0. The molecule has 1 fully saturated rings. The van der Waals surface area contributed by atoms with Gasteiger partial charge >= 0.3 is 12.1 Å². The molecule has 0 bridgehead atoms. The van der Waals surface area contributed by atoms with E-state index in [0.717, 1.165) is 0 Å². The second-order valence-corrected chi connectivity index (χ2v) is 10.6. The Labute approximate surface area is 238 Å². The Hall–Kier alpha value is -3.88. The first-order valence-electron chi connectivity index (χ1n) is 13.5. The predicted octanol–water partition coefficient (Wildman–Crippen LogP) is 3.97. The fraction of sp³-hybridized carbons (Fsp3) is 0.429. The molecule has 0 spiro atoms. The van der Waals surface area contributed by atoms with Crippen LogP contribution in [0.1, 0.15) is 38.3 Å². The van der Waals surface area contributed by atoms with Crippen molar-refractivity contribution in [1.29, 1.82) is 0 Å². The fourth-order valence-electron chi connectivity index (χ4n) is 4.97. The van der Waals surface area contributed by atoms with E-state index in [1.165, 1.54) is 39.8 Å². The van der Waals surface area contributed by atoms with Crippen molar-refractivity contribution in [3.05, 3.63) is 54.0 Å². The van der Waals surface area contributed by atoms with Gasteiger partial charge < -0.3 is 20.9 Å². The lowest BCUT2D eigenvalue weighted by Gasteiger charge is -2.32. The van der Waals surface area contributed by atoms with Crippen LogP contribution in [-0.4, -0.2) is 68.6 Å². The molecule has 224 valence electrons. The van der Waals surface area contributed by atoms with E-state index in [0.29, 0.717) is 35.1 Å². The van der Waals surface area contributed by atoms with Gasteiger partial charge in [-0.2, -0.15) is 13.2 Å². The molecule has 0 radical (unpaired) electrons. The molecular weight excluding hydrogens is 558 g/mol. The van der Waals surface area contributed by atoms with Gasteiger partial charge in [0, 0.05) is 24.2 Å². The van der Waals surface area contributed by atoms with Crippen LogP contribution in [0.25, 0.3) is 28.1 Å². The Morgan fingerprint density at radius 3 is 2.62 bits per heavy atom. The average molecular weight is 590 g/mol. The quantitative estimate of drug-likeness (QED) is 0.169. The minimum absolute atomic E-state index is 0.00185. The number of aromatic nitrogens is 4. The van der Waals surface area contributed by atoms with Crippen LogP contribution in [0.4, 0.5) is 17.6 Å². The van der Waals surface area contributed by atoms with Crippen molar-refractivity contribution in [2.45, 2.75) is 51.1 Å². The van der Waals surface area contributed by atoms with Crippen LogP contribution < -0.4 is 16.2 Å². The summed E-state index contributed by atoms with van der Waals surface area (Å²) in [7, 11) is 0. The first kappa shape index (κ1) is 29.6. The lowest BCUT2D eigenvalue weighted by Crippen LogP contribution is -2.45. The zero-order chi connectivity index (χ0) is 30.2. The minimum atomic E-state index is -4.55.